The summed E-state index contributed by atoms with van der Waals surface area (Å²) in [5.41, 5.74) is 1.40. The molecular formula is C21H24ClNOS. The lowest BCUT2D eigenvalue weighted by Gasteiger charge is -2.33. The van der Waals surface area contributed by atoms with E-state index in [4.69, 9.17) is 11.6 Å². The zero-order valence-electron chi connectivity index (χ0n) is 14.5. The van der Waals surface area contributed by atoms with Crippen LogP contribution in [0.5, 0.6) is 0 Å². The first-order valence-corrected chi connectivity index (χ1v) is 10.1. The van der Waals surface area contributed by atoms with E-state index in [1.807, 2.05) is 36.1 Å². The van der Waals surface area contributed by atoms with Gasteiger partial charge in [0.1, 0.15) is 0 Å². The first kappa shape index (κ1) is 18.3. The van der Waals surface area contributed by atoms with Crippen molar-refractivity contribution < 1.29 is 4.79 Å². The van der Waals surface area contributed by atoms with E-state index >= 15 is 0 Å². The van der Waals surface area contributed by atoms with Crippen molar-refractivity contribution in [2.45, 2.75) is 36.3 Å². The number of hydrogen-bond donors (Lipinski definition) is 0. The topological polar surface area (TPSA) is 20.3 Å². The van der Waals surface area contributed by atoms with Crippen LogP contribution in [0.3, 0.4) is 0 Å². The van der Waals surface area contributed by atoms with Gasteiger partial charge in [0.15, 0.2) is 0 Å². The van der Waals surface area contributed by atoms with Gasteiger partial charge in [-0.15, -0.1) is 11.8 Å². The van der Waals surface area contributed by atoms with Gasteiger partial charge >= 0.3 is 0 Å². The van der Waals surface area contributed by atoms with Crippen molar-refractivity contribution in [2.75, 3.05) is 13.1 Å². The number of carbonyl (C=O) groups excluding carboxylic acids is 1. The van der Waals surface area contributed by atoms with Crippen molar-refractivity contribution in [3.63, 3.8) is 0 Å². The van der Waals surface area contributed by atoms with Crippen LogP contribution < -0.4 is 0 Å². The number of nitrogens with zero attached hydrogens (tertiary/aromatic N) is 1. The average Bonchev–Trinajstić information content (AvgIpc) is 2.64. The Bertz CT molecular complexity index is 681. The zero-order chi connectivity index (χ0) is 17.6. The van der Waals surface area contributed by atoms with E-state index in [0.29, 0.717) is 5.92 Å². The highest BCUT2D eigenvalue weighted by Gasteiger charge is 2.26. The first-order valence-electron chi connectivity index (χ1n) is 8.87. The number of carbonyl (C=O) groups is 1. The molecule has 0 bridgehead atoms. The standard InChI is InChI=1S/C21H24ClNOS/c1-16(25-20-9-7-19(22)8-10-20)21(24)23-13-11-18(12-14-23)15-17-5-3-2-4-6-17/h2-10,16,18H,11-15H2,1H3/t16-/m0/s1. The predicted molar refractivity (Wildman–Crippen MR) is 106 cm³/mol. The second-order valence-corrected chi connectivity index (χ2v) is 8.52. The average molecular weight is 374 g/mol. The summed E-state index contributed by atoms with van der Waals surface area (Å²) >= 11 is 7.53. The maximum atomic E-state index is 12.7. The third-order valence-corrected chi connectivity index (χ3v) is 6.12. The van der Waals surface area contributed by atoms with Crippen LogP contribution in [0.2, 0.25) is 5.02 Å². The molecular weight excluding hydrogens is 350 g/mol. The fraction of sp³-hybridized carbons (Fsp3) is 0.381. The Morgan fingerprint density at radius 1 is 1.12 bits per heavy atom. The molecule has 2 nitrogen and oxygen atoms in total. The molecule has 0 aliphatic carbocycles. The van der Waals surface area contributed by atoms with E-state index in [9.17, 15) is 4.79 Å². The van der Waals surface area contributed by atoms with Crippen LogP contribution in [-0.2, 0) is 11.2 Å². The van der Waals surface area contributed by atoms with Crippen molar-refractivity contribution in [3.8, 4) is 0 Å². The summed E-state index contributed by atoms with van der Waals surface area (Å²) in [6.07, 6.45) is 3.32. The van der Waals surface area contributed by atoms with Crippen LogP contribution in [0.4, 0.5) is 0 Å². The van der Waals surface area contributed by atoms with Crippen LogP contribution in [0, 0.1) is 5.92 Å². The molecule has 1 aliphatic rings. The molecule has 0 radical (unpaired) electrons. The molecule has 1 fully saturated rings. The van der Waals surface area contributed by atoms with E-state index in [2.05, 4.69) is 30.3 Å². The molecule has 0 saturated carbocycles. The molecule has 132 valence electrons. The Balaban J connectivity index is 1.48. The van der Waals surface area contributed by atoms with E-state index < -0.39 is 0 Å². The minimum absolute atomic E-state index is 0.0631. The fourth-order valence-electron chi connectivity index (χ4n) is 3.33. The van der Waals surface area contributed by atoms with Gasteiger partial charge in [0.2, 0.25) is 5.91 Å². The minimum atomic E-state index is -0.0631. The van der Waals surface area contributed by atoms with Crippen LogP contribution in [-0.4, -0.2) is 29.1 Å². The van der Waals surface area contributed by atoms with E-state index in [1.54, 1.807) is 11.8 Å². The molecule has 3 rings (SSSR count). The van der Waals surface area contributed by atoms with Gasteiger partial charge in [-0.25, -0.2) is 0 Å². The lowest BCUT2D eigenvalue weighted by Crippen LogP contribution is -2.42. The first-order chi connectivity index (χ1) is 12.1. The second-order valence-electron chi connectivity index (χ2n) is 6.67. The number of likely N-dealkylation sites (tertiary alicyclic amines) is 1. The molecule has 1 heterocycles. The number of benzene rings is 2. The van der Waals surface area contributed by atoms with Crippen LogP contribution in [0.15, 0.2) is 59.5 Å². The normalized spacial score (nSPS) is 16.6. The van der Waals surface area contributed by atoms with Crippen LogP contribution in [0.1, 0.15) is 25.3 Å². The molecule has 0 N–H and O–H groups in total. The summed E-state index contributed by atoms with van der Waals surface area (Å²) in [7, 11) is 0. The third-order valence-electron chi connectivity index (χ3n) is 4.77. The van der Waals surface area contributed by atoms with Crippen molar-refractivity contribution in [2.24, 2.45) is 5.92 Å². The summed E-state index contributed by atoms with van der Waals surface area (Å²) in [6, 6.07) is 18.3. The number of hydrogen-bond acceptors (Lipinski definition) is 2. The smallest absolute Gasteiger partial charge is 0.235 e. The number of halogens is 1. The maximum Gasteiger partial charge on any atom is 0.235 e. The molecule has 1 aliphatic heterocycles. The molecule has 0 aromatic heterocycles. The molecule has 2 aromatic carbocycles. The lowest BCUT2D eigenvalue weighted by molar-refractivity contribution is -0.131. The second kappa shape index (κ2) is 8.77. The number of thioether (sulfide) groups is 1. The molecule has 0 unspecified atom stereocenters. The zero-order valence-corrected chi connectivity index (χ0v) is 16.1. The highest BCUT2D eigenvalue weighted by molar-refractivity contribution is 8.00. The van der Waals surface area contributed by atoms with Gasteiger partial charge in [-0.05, 0) is 61.9 Å². The molecule has 25 heavy (non-hydrogen) atoms. The molecule has 2 aromatic rings. The Morgan fingerprint density at radius 3 is 2.40 bits per heavy atom. The molecule has 0 spiro atoms. The van der Waals surface area contributed by atoms with E-state index in [1.165, 1.54) is 5.56 Å². The van der Waals surface area contributed by atoms with Gasteiger partial charge in [0.25, 0.3) is 0 Å². The van der Waals surface area contributed by atoms with Crippen LogP contribution in [0.25, 0.3) is 0 Å². The van der Waals surface area contributed by atoms with Gasteiger partial charge in [0.05, 0.1) is 5.25 Å². The van der Waals surface area contributed by atoms with E-state index in [-0.39, 0.29) is 11.2 Å². The summed E-state index contributed by atoms with van der Waals surface area (Å²) in [4.78, 5) is 15.8. The summed E-state index contributed by atoms with van der Waals surface area (Å²) < 4.78 is 0. The summed E-state index contributed by atoms with van der Waals surface area (Å²) in [5.74, 6) is 0.934. The molecule has 1 amide bonds. The molecule has 4 heteroatoms. The molecule has 1 saturated heterocycles. The predicted octanol–water partition coefficient (Wildman–Crippen LogP) is 5.30. The minimum Gasteiger partial charge on any atom is -0.342 e. The largest absolute Gasteiger partial charge is 0.342 e. The third kappa shape index (κ3) is 5.26. The van der Waals surface area contributed by atoms with E-state index in [0.717, 1.165) is 42.3 Å². The summed E-state index contributed by atoms with van der Waals surface area (Å²) in [6.45, 7) is 3.75. The Labute approximate surface area is 159 Å². The van der Waals surface area contributed by atoms with Gasteiger partial charge in [-0.3, -0.25) is 4.79 Å². The van der Waals surface area contributed by atoms with Gasteiger partial charge in [-0.1, -0.05) is 41.9 Å². The van der Waals surface area contributed by atoms with Crippen molar-refractivity contribution >= 4 is 29.3 Å². The monoisotopic (exact) mass is 373 g/mol. The highest BCUT2D eigenvalue weighted by atomic mass is 35.5. The number of rotatable bonds is 5. The lowest BCUT2D eigenvalue weighted by atomic mass is 9.90. The Hall–Kier alpha value is -1.45. The maximum absolute atomic E-state index is 12.7. The van der Waals surface area contributed by atoms with Crippen LogP contribution >= 0.6 is 23.4 Å². The fourth-order valence-corrected chi connectivity index (χ4v) is 4.41. The van der Waals surface area contributed by atoms with Gasteiger partial charge in [-0.2, -0.15) is 0 Å². The van der Waals surface area contributed by atoms with Crippen molar-refractivity contribution in [1.29, 1.82) is 0 Å². The Morgan fingerprint density at radius 2 is 1.76 bits per heavy atom. The quantitative estimate of drug-likeness (QED) is 0.662. The highest BCUT2D eigenvalue weighted by Crippen LogP contribution is 2.28. The molecule has 1 atom stereocenters. The van der Waals surface area contributed by atoms with Crippen molar-refractivity contribution in [1.82, 2.24) is 4.90 Å². The SMILES string of the molecule is C[C@H](Sc1ccc(Cl)cc1)C(=O)N1CCC(Cc2ccccc2)CC1. The van der Waals surface area contributed by atoms with Gasteiger partial charge in [0, 0.05) is 23.0 Å². The number of amides is 1. The van der Waals surface area contributed by atoms with Crippen molar-refractivity contribution in [3.05, 3.63) is 65.2 Å². The summed E-state index contributed by atoms with van der Waals surface area (Å²) in [5, 5.41) is 0.663. The van der Waals surface area contributed by atoms with Gasteiger partial charge < -0.3 is 4.90 Å². The Kier molecular flexibility index (Phi) is 6.44. The number of piperidine rings is 1.